The summed E-state index contributed by atoms with van der Waals surface area (Å²) in [6.07, 6.45) is 3.63. The molecule has 2 aliphatic rings. The molecule has 22 heavy (non-hydrogen) atoms. The van der Waals surface area contributed by atoms with Crippen molar-refractivity contribution in [3.63, 3.8) is 0 Å². The van der Waals surface area contributed by atoms with E-state index in [1.807, 2.05) is 4.90 Å². The second-order valence-electron chi connectivity index (χ2n) is 6.18. The van der Waals surface area contributed by atoms with Crippen LogP contribution in [-0.2, 0) is 0 Å². The summed E-state index contributed by atoms with van der Waals surface area (Å²) in [6, 6.07) is 4.54. The maximum Gasteiger partial charge on any atom is 0.317 e. The fourth-order valence-electron chi connectivity index (χ4n) is 3.31. The van der Waals surface area contributed by atoms with Gasteiger partial charge in [-0.3, -0.25) is 4.90 Å². The van der Waals surface area contributed by atoms with Crippen LogP contribution in [0, 0.1) is 0 Å². The molecule has 2 aliphatic heterocycles. The van der Waals surface area contributed by atoms with E-state index in [-0.39, 0.29) is 12.1 Å². The minimum Gasteiger partial charge on any atom is -0.393 e. The lowest BCUT2D eigenvalue weighted by atomic mass is 10.1. The van der Waals surface area contributed by atoms with Gasteiger partial charge in [0.15, 0.2) is 0 Å². The first-order valence-electron chi connectivity index (χ1n) is 8.22. The van der Waals surface area contributed by atoms with Crippen molar-refractivity contribution in [1.29, 1.82) is 0 Å². The van der Waals surface area contributed by atoms with Gasteiger partial charge in [-0.2, -0.15) is 0 Å². The van der Waals surface area contributed by atoms with Crippen molar-refractivity contribution in [3.8, 4) is 0 Å². The number of likely N-dealkylation sites (tertiary alicyclic amines) is 2. The van der Waals surface area contributed by atoms with Crippen molar-refractivity contribution < 1.29 is 9.90 Å². The van der Waals surface area contributed by atoms with Crippen molar-refractivity contribution in [3.05, 3.63) is 22.4 Å². The van der Waals surface area contributed by atoms with E-state index in [0.29, 0.717) is 38.5 Å². The standard InChI is InChI=1S/C16H25N3O2S/c20-13-5-9-19(10-6-13)16(21)17-12-14(15-4-3-11-22-15)18-7-1-2-8-18/h3-4,11,13-14,20H,1-2,5-10,12H2,(H,17,21)/t14-/m1/s1. The van der Waals surface area contributed by atoms with Gasteiger partial charge in [0.05, 0.1) is 12.1 Å². The summed E-state index contributed by atoms with van der Waals surface area (Å²) in [6.45, 7) is 4.21. The van der Waals surface area contributed by atoms with Crippen molar-refractivity contribution in [2.24, 2.45) is 0 Å². The Hall–Kier alpha value is -1.11. The molecule has 0 bridgehead atoms. The number of piperidine rings is 1. The number of hydrogen-bond acceptors (Lipinski definition) is 4. The molecular formula is C16H25N3O2S. The third-order valence-electron chi connectivity index (χ3n) is 4.65. The molecule has 2 saturated heterocycles. The fraction of sp³-hybridized carbons (Fsp3) is 0.688. The zero-order valence-corrected chi connectivity index (χ0v) is 13.7. The maximum atomic E-state index is 12.3. The van der Waals surface area contributed by atoms with E-state index in [4.69, 9.17) is 0 Å². The first-order chi connectivity index (χ1) is 10.7. The molecule has 0 radical (unpaired) electrons. The molecule has 0 saturated carbocycles. The Balaban J connectivity index is 1.56. The zero-order valence-electron chi connectivity index (χ0n) is 12.9. The first kappa shape index (κ1) is 15.8. The molecule has 2 amide bonds. The molecule has 2 N–H and O–H groups in total. The molecule has 2 fully saturated rings. The number of hydrogen-bond donors (Lipinski definition) is 2. The molecule has 6 heteroatoms. The van der Waals surface area contributed by atoms with Gasteiger partial charge in [0.25, 0.3) is 0 Å². The third-order valence-corrected chi connectivity index (χ3v) is 5.62. The van der Waals surface area contributed by atoms with Crippen LogP contribution in [0.25, 0.3) is 0 Å². The Bertz CT molecular complexity index is 466. The average molecular weight is 323 g/mol. The summed E-state index contributed by atoms with van der Waals surface area (Å²) in [5.41, 5.74) is 0. The van der Waals surface area contributed by atoms with E-state index in [1.54, 1.807) is 11.3 Å². The average Bonchev–Trinajstić information content (AvgIpc) is 3.22. The number of aliphatic hydroxyl groups is 1. The molecule has 0 aromatic carbocycles. The highest BCUT2D eigenvalue weighted by Crippen LogP contribution is 2.27. The lowest BCUT2D eigenvalue weighted by Gasteiger charge is -2.31. The highest BCUT2D eigenvalue weighted by molar-refractivity contribution is 7.10. The van der Waals surface area contributed by atoms with E-state index in [2.05, 4.69) is 27.7 Å². The normalized spacial score (nSPS) is 22.0. The van der Waals surface area contributed by atoms with E-state index >= 15 is 0 Å². The molecule has 0 spiro atoms. The molecular weight excluding hydrogens is 298 g/mol. The molecule has 122 valence electrons. The Morgan fingerprint density at radius 2 is 2.05 bits per heavy atom. The van der Waals surface area contributed by atoms with Gasteiger partial charge >= 0.3 is 6.03 Å². The van der Waals surface area contributed by atoms with Crippen LogP contribution in [0.4, 0.5) is 4.79 Å². The molecule has 0 aliphatic carbocycles. The van der Waals surface area contributed by atoms with Gasteiger partial charge in [0.2, 0.25) is 0 Å². The lowest BCUT2D eigenvalue weighted by molar-refractivity contribution is 0.0929. The maximum absolute atomic E-state index is 12.3. The van der Waals surface area contributed by atoms with E-state index in [1.165, 1.54) is 17.7 Å². The summed E-state index contributed by atoms with van der Waals surface area (Å²) in [5, 5.41) is 14.7. The number of amides is 2. The largest absolute Gasteiger partial charge is 0.393 e. The van der Waals surface area contributed by atoms with Crippen molar-refractivity contribution >= 4 is 17.4 Å². The molecule has 1 aromatic heterocycles. The van der Waals surface area contributed by atoms with Gasteiger partial charge in [0.1, 0.15) is 0 Å². The molecule has 3 heterocycles. The second kappa shape index (κ2) is 7.44. The molecule has 0 unspecified atom stereocenters. The minimum atomic E-state index is -0.243. The predicted octanol–water partition coefficient (Wildman–Crippen LogP) is 2.05. The van der Waals surface area contributed by atoms with Crippen LogP contribution in [0.2, 0.25) is 0 Å². The lowest BCUT2D eigenvalue weighted by Crippen LogP contribution is -2.47. The smallest absolute Gasteiger partial charge is 0.317 e. The summed E-state index contributed by atoms with van der Waals surface area (Å²) < 4.78 is 0. The number of nitrogens with zero attached hydrogens (tertiary/aromatic N) is 2. The van der Waals surface area contributed by atoms with E-state index < -0.39 is 0 Å². The molecule has 3 rings (SSSR count). The quantitative estimate of drug-likeness (QED) is 0.892. The third kappa shape index (κ3) is 3.80. The van der Waals surface area contributed by atoms with E-state index in [9.17, 15) is 9.90 Å². The minimum absolute atomic E-state index is 0.00709. The SMILES string of the molecule is O=C(NC[C@H](c1cccs1)N1CCCC1)N1CCC(O)CC1. The summed E-state index contributed by atoms with van der Waals surface area (Å²) in [4.78, 5) is 17.9. The van der Waals surface area contributed by atoms with Crippen LogP contribution >= 0.6 is 11.3 Å². The van der Waals surface area contributed by atoms with Crippen LogP contribution in [0.15, 0.2) is 17.5 Å². The summed E-state index contributed by atoms with van der Waals surface area (Å²) in [5.74, 6) is 0. The monoisotopic (exact) mass is 323 g/mol. The van der Waals surface area contributed by atoms with Crippen LogP contribution in [0.3, 0.4) is 0 Å². The number of carbonyl (C=O) groups is 1. The molecule has 5 nitrogen and oxygen atoms in total. The van der Waals surface area contributed by atoms with Crippen molar-refractivity contribution in [2.75, 3.05) is 32.7 Å². The van der Waals surface area contributed by atoms with Gasteiger partial charge in [-0.05, 0) is 50.2 Å². The zero-order chi connectivity index (χ0) is 15.4. The second-order valence-corrected chi connectivity index (χ2v) is 7.16. The summed E-state index contributed by atoms with van der Waals surface area (Å²) >= 11 is 1.77. The number of thiophene rings is 1. The van der Waals surface area contributed by atoms with Gasteiger partial charge in [-0.25, -0.2) is 4.79 Å². The van der Waals surface area contributed by atoms with Gasteiger partial charge in [-0.15, -0.1) is 11.3 Å². The van der Waals surface area contributed by atoms with Crippen molar-refractivity contribution in [2.45, 2.75) is 37.8 Å². The topological polar surface area (TPSA) is 55.8 Å². The number of nitrogens with one attached hydrogen (secondary N) is 1. The fourth-order valence-corrected chi connectivity index (χ4v) is 4.17. The molecule has 1 atom stereocenters. The Morgan fingerprint density at radius 1 is 1.32 bits per heavy atom. The van der Waals surface area contributed by atoms with E-state index in [0.717, 1.165) is 13.1 Å². The van der Waals surface area contributed by atoms with Gasteiger partial charge in [-0.1, -0.05) is 6.07 Å². The number of rotatable bonds is 4. The van der Waals surface area contributed by atoms with Crippen LogP contribution in [0.1, 0.15) is 36.6 Å². The molecule has 1 aromatic rings. The highest BCUT2D eigenvalue weighted by Gasteiger charge is 2.26. The summed E-state index contributed by atoms with van der Waals surface area (Å²) in [7, 11) is 0. The van der Waals surface area contributed by atoms with Gasteiger partial charge in [0, 0.05) is 24.5 Å². The predicted molar refractivity (Wildman–Crippen MR) is 88.1 cm³/mol. The Labute approximate surface area is 135 Å². The van der Waals surface area contributed by atoms with Crippen LogP contribution in [0.5, 0.6) is 0 Å². The Morgan fingerprint density at radius 3 is 2.68 bits per heavy atom. The van der Waals surface area contributed by atoms with Crippen LogP contribution < -0.4 is 5.32 Å². The number of aliphatic hydroxyl groups excluding tert-OH is 1. The van der Waals surface area contributed by atoms with Crippen LogP contribution in [-0.4, -0.2) is 59.8 Å². The van der Waals surface area contributed by atoms with Gasteiger partial charge < -0.3 is 15.3 Å². The Kier molecular flexibility index (Phi) is 5.33. The first-order valence-corrected chi connectivity index (χ1v) is 9.10. The highest BCUT2D eigenvalue weighted by atomic mass is 32.1. The van der Waals surface area contributed by atoms with Crippen molar-refractivity contribution in [1.82, 2.24) is 15.1 Å². The number of urea groups is 1. The number of carbonyl (C=O) groups excluding carboxylic acids is 1.